The molecule has 1 aromatic heterocycles. The van der Waals surface area contributed by atoms with Crippen LogP contribution in [-0.2, 0) is 4.79 Å². The average molecular weight is 343 g/mol. The monoisotopic (exact) mass is 343 g/mol. The van der Waals surface area contributed by atoms with Gasteiger partial charge in [0, 0.05) is 25.7 Å². The number of unbranched alkanes of at least 4 members (excludes halogenated alkanes) is 1. The number of aryl methyl sites for hydroxylation is 1. The molecule has 6 nitrogen and oxygen atoms in total. The number of carbonyl (C=O) groups excluding carboxylic acids is 1. The standard InChI is InChI=1S/C19H29N5O/c1-4-9-20-18-16(13-22-15(3)24-18)8-6-5-7-10-21-19(25)17-11-14(2)12-23-17/h13-14,17,23H,4-5,7,9-12H2,1-3H3,(H,21,25)(H,20,22,24)/t14-,17?/m0/s1. The van der Waals surface area contributed by atoms with Crippen molar-refractivity contribution in [2.45, 2.75) is 52.5 Å². The van der Waals surface area contributed by atoms with Crippen LogP contribution in [0.3, 0.4) is 0 Å². The fourth-order valence-corrected chi connectivity index (χ4v) is 2.72. The third-order valence-electron chi connectivity index (χ3n) is 4.12. The van der Waals surface area contributed by atoms with Gasteiger partial charge in [0.2, 0.25) is 5.91 Å². The van der Waals surface area contributed by atoms with E-state index in [1.807, 2.05) is 6.92 Å². The lowest BCUT2D eigenvalue weighted by molar-refractivity contribution is -0.122. The number of hydrogen-bond acceptors (Lipinski definition) is 5. The zero-order valence-electron chi connectivity index (χ0n) is 15.5. The van der Waals surface area contributed by atoms with Crippen molar-refractivity contribution in [1.82, 2.24) is 20.6 Å². The summed E-state index contributed by atoms with van der Waals surface area (Å²) in [7, 11) is 0. The molecule has 1 saturated heterocycles. The fraction of sp³-hybridized carbons (Fsp3) is 0.632. The highest BCUT2D eigenvalue weighted by Crippen LogP contribution is 2.12. The van der Waals surface area contributed by atoms with Gasteiger partial charge in [0.05, 0.1) is 11.6 Å². The lowest BCUT2D eigenvalue weighted by Crippen LogP contribution is -2.40. The van der Waals surface area contributed by atoms with Crippen molar-refractivity contribution in [3.8, 4) is 11.8 Å². The first-order valence-electron chi connectivity index (χ1n) is 9.17. The third kappa shape index (κ3) is 6.35. The minimum Gasteiger partial charge on any atom is -0.369 e. The SMILES string of the molecule is CCCNc1nc(C)ncc1C#CCCCNC(=O)C1C[C@H](C)CN1. The van der Waals surface area contributed by atoms with Crippen LogP contribution in [0.1, 0.15) is 50.9 Å². The van der Waals surface area contributed by atoms with Crippen LogP contribution in [0.2, 0.25) is 0 Å². The smallest absolute Gasteiger partial charge is 0.237 e. The second-order valence-corrected chi connectivity index (χ2v) is 6.60. The van der Waals surface area contributed by atoms with E-state index < -0.39 is 0 Å². The number of aromatic nitrogens is 2. The number of nitrogens with one attached hydrogen (secondary N) is 3. The molecular weight excluding hydrogens is 314 g/mol. The Morgan fingerprint density at radius 1 is 1.44 bits per heavy atom. The van der Waals surface area contributed by atoms with Crippen LogP contribution in [0.15, 0.2) is 6.20 Å². The maximum atomic E-state index is 12.0. The van der Waals surface area contributed by atoms with E-state index in [1.54, 1.807) is 6.20 Å². The Kier molecular flexibility index (Phi) is 7.68. The van der Waals surface area contributed by atoms with Crippen LogP contribution in [0.25, 0.3) is 0 Å². The Hall–Kier alpha value is -2.13. The lowest BCUT2D eigenvalue weighted by Gasteiger charge is -2.10. The van der Waals surface area contributed by atoms with Gasteiger partial charge in [-0.3, -0.25) is 4.79 Å². The first kappa shape index (κ1) is 19.2. The fourth-order valence-electron chi connectivity index (χ4n) is 2.72. The van der Waals surface area contributed by atoms with E-state index in [1.165, 1.54) is 0 Å². The van der Waals surface area contributed by atoms with Crippen LogP contribution >= 0.6 is 0 Å². The van der Waals surface area contributed by atoms with Gasteiger partial charge < -0.3 is 16.0 Å². The molecule has 1 aromatic rings. The van der Waals surface area contributed by atoms with E-state index in [9.17, 15) is 4.79 Å². The predicted molar refractivity (Wildman–Crippen MR) is 100 cm³/mol. The van der Waals surface area contributed by atoms with Crippen molar-refractivity contribution in [2.24, 2.45) is 5.92 Å². The minimum atomic E-state index is -0.0296. The highest BCUT2D eigenvalue weighted by molar-refractivity contribution is 5.82. The van der Waals surface area contributed by atoms with Crippen molar-refractivity contribution in [3.05, 3.63) is 17.6 Å². The Balaban J connectivity index is 1.74. The Bertz CT molecular complexity index is 634. The highest BCUT2D eigenvalue weighted by Gasteiger charge is 2.26. The molecule has 0 aromatic carbocycles. The number of nitrogens with zero attached hydrogens (tertiary/aromatic N) is 2. The summed E-state index contributed by atoms with van der Waals surface area (Å²) in [4.78, 5) is 20.6. The first-order valence-corrected chi connectivity index (χ1v) is 9.17. The van der Waals surface area contributed by atoms with E-state index in [4.69, 9.17) is 0 Å². The largest absolute Gasteiger partial charge is 0.369 e. The van der Waals surface area contributed by atoms with Crippen molar-refractivity contribution in [1.29, 1.82) is 0 Å². The van der Waals surface area contributed by atoms with Crippen molar-refractivity contribution >= 4 is 11.7 Å². The van der Waals surface area contributed by atoms with Gasteiger partial charge in [-0.1, -0.05) is 25.7 Å². The Morgan fingerprint density at radius 2 is 2.28 bits per heavy atom. The lowest BCUT2D eigenvalue weighted by atomic mass is 10.1. The Morgan fingerprint density at radius 3 is 3.00 bits per heavy atom. The van der Waals surface area contributed by atoms with Gasteiger partial charge >= 0.3 is 0 Å². The Labute approximate surface area is 150 Å². The quantitative estimate of drug-likeness (QED) is 0.520. The molecule has 2 heterocycles. The summed E-state index contributed by atoms with van der Waals surface area (Å²) in [5.74, 6) is 8.51. The summed E-state index contributed by atoms with van der Waals surface area (Å²) in [5, 5.41) is 9.52. The predicted octanol–water partition coefficient (Wildman–Crippen LogP) is 1.85. The zero-order valence-corrected chi connectivity index (χ0v) is 15.5. The van der Waals surface area contributed by atoms with Crippen molar-refractivity contribution in [3.63, 3.8) is 0 Å². The number of rotatable bonds is 7. The highest BCUT2D eigenvalue weighted by atomic mass is 16.2. The minimum absolute atomic E-state index is 0.0296. The zero-order chi connectivity index (χ0) is 18.1. The second-order valence-electron chi connectivity index (χ2n) is 6.60. The van der Waals surface area contributed by atoms with Gasteiger partial charge in [-0.25, -0.2) is 9.97 Å². The molecule has 1 aliphatic heterocycles. The molecule has 25 heavy (non-hydrogen) atoms. The second kappa shape index (κ2) is 10.00. The van der Waals surface area contributed by atoms with Gasteiger partial charge in [0.25, 0.3) is 0 Å². The maximum absolute atomic E-state index is 12.0. The number of amides is 1. The van der Waals surface area contributed by atoms with Crippen molar-refractivity contribution in [2.75, 3.05) is 25.0 Å². The summed E-state index contributed by atoms with van der Waals surface area (Å²) in [6.07, 6.45) is 5.29. The van der Waals surface area contributed by atoms with Crippen LogP contribution in [0.4, 0.5) is 5.82 Å². The van der Waals surface area contributed by atoms with Gasteiger partial charge in [-0.2, -0.15) is 0 Å². The molecule has 0 saturated carbocycles. The molecule has 1 fully saturated rings. The summed E-state index contributed by atoms with van der Waals surface area (Å²) >= 11 is 0. The molecule has 1 aliphatic rings. The van der Waals surface area contributed by atoms with Crippen LogP contribution in [0, 0.1) is 24.7 Å². The van der Waals surface area contributed by atoms with Gasteiger partial charge in [-0.15, -0.1) is 0 Å². The maximum Gasteiger partial charge on any atom is 0.237 e. The molecule has 6 heteroatoms. The molecule has 2 atom stereocenters. The molecule has 0 aliphatic carbocycles. The molecule has 1 amide bonds. The van der Waals surface area contributed by atoms with Crippen molar-refractivity contribution < 1.29 is 4.79 Å². The van der Waals surface area contributed by atoms with Gasteiger partial charge in [0.15, 0.2) is 0 Å². The van der Waals surface area contributed by atoms with Gasteiger partial charge in [-0.05, 0) is 38.6 Å². The van der Waals surface area contributed by atoms with E-state index in [-0.39, 0.29) is 11.9 Å². The van der Waals surface area contributed by atoms with E-state index in [2.05, 4.69) is 51.6 Å². The number of hydrogen-bond donors (Lipinski definition) is 3. The summed E-state index contributed by atoms with van der Waals surface area (Å²) in [5.41, 5.74) is 0.826. The van der Waals surface area contributed by atoms with E-state index in [0.29, 0.717) is 12.5 Å². The molecule has 136 valence electrons. The number of carbonyl (C=O) groups is 1. The number of anilines is 1. The van der Waals surface area contributed by atoms with Crippen LogP contribution in [0.5, 0.6) is 0 Å². The first-order chi connectivity index (χ1) is 12.1. The van der Waals surface area contributed by atoms with Crippen LogP contribution in [-0.4, -0.2) is 41.6 Å². The molecule has 3 N–H and O–H groups in total. The summed E-state index contributed by atoms with van der Waals surface area (Å²) < 4.78 is 0. The average Bonchev–Trinajstić information content (AvgIpc) is 3.03. The normalized spacial score (nSPS) is 19.2. The molecule has 1 unspecified atom stereocenters. The molecule has 0 bridgehead atoms. The van der Waals surface area contributed by atoms with Gasteiger partial charge in [0.1, 0.15) is 11.6 Å². The van der Waals surface area contributed by atoms with E-state index in [0.717, 1.165) is 56.0 Å². The molecule has 2 rings (SSSR count). The molecule has 0 spiro atoms. The third-order valence-corrected chi connectivity index (χ3v) is 4.12. The van der Waals surface area contributed by atoms with Crippen LogP contribution < -0.4 is 16.0 Å². The topological polar surface area (TPSA) is 78.9 Å². The molecule has 0 radical (unpaired) electrons. The summed E-state index contributed by atoms with van der Waals surface area (Å²) in [6.45, 7) is 8.60. The molecular formula is C19H29N5O. The summed E-state index contributed by atoms with van der Waals surface area (Å²) in [6, 6.07) is -0.0296. The van der Waals surface area contributed by atoms with E-state index >= 15 is 0 Å².